The van der Waals surface area contributed by atoms with Gasteiger partial charge in [-0.15, -0.1) is 0 Å². The summed E-state index contributed by atoms with van der Waals surface area (Å²) in [4.78, 5) is 29.6. The largest absolute Gasteiger partial charge is 0.481 e. The normalized spacial score (nSPS) is 17.9. The van der Waals surface area contributed by atoms with Crippen molar-refractivity contribution >= 4 is 11.9 Å². The second kappa shape index (κ2) is 16.2. The summed E-state index contributed by atoms with van der Waals surface area (Å²) in [6.45, 7) is 1.89. The van der Waals surface area contributed by atoms with Crippen molar-refractivity contribution in [3.63, 3.8) is 0 Å². The number of carbonyl (C=O) groups is 2. The third kappa shape index (κ3) is 9.31. The first-order chi connectivity index (χ1) is 22.4. The zero-order chi connectivity index (χ0) is 32.3. The van der Waals surface area contributed by atoms with E-state index >= 15 is 0 Å². The quantitative estimate of drug-likeness (QED) is 0.170. The lowest BCUT2D eigenvalue weighted by molar-refractivity contribution is -0.252. The van der Waals surface area contributed by atoms with Crippen molar-refractivity contribution in [2.24, 2.45) is 0 Å². The third-order valence-electron chi connectivity index (χ3n) is 8.16. The number of aliphatic hydroxyl groups is 1. The van der Waals surface area contributed by atoms with Crippen molar-refractivity contribution in [3.05, 3.63) is 125 Å². The highest BCUT2D eigenvalue weighted by Crippen LogP contribution is 2.38. The Balaban J connectivity index is 1.29. The van der Waals surface area contributed by atoms with Gasteiger partial charge in [0.2, 0.25) is 5.91 Å². The number of carboxylic acid groups (broad SMARTS) is 1. The average Bonchev–Trinajstić information content (AvgIpc) is 3.09. The van der Waals surface area contributed by atoms with E-state index in [0.717, 1.165) is 58.6 Å². The SMILES string of the molecule is CN(CCc1ccccn1)CC1CC(c2ccc(CO)cc2)OC(c2ccc(-c3ccccc3CNC(=O)CCC(=O)O)cc2)O1. The molecule has 0 saturated carbocycles. The number of pyridine rings is 1. The van der Waals surface area contributed by atoms with Crippen molar-refractivity contribution in [2.45, 2.75) is 57.3 Å². The fraction of sp³-hybridized carbons (Fsp3) is 0.324. The van der Waals surface area contributed by atoms with Crippen molar-refractivity contribution in [1.82, 2.24) is 15.2 Å². The van der Waals surface area contributed by atoms with Crippen molar-refractivity contribution in [1.29, 1.82) is 0 Å². The zero-order valence-electron chi connectivity index (χ0n) is 26.0. The molecule has 4 aromatic rings. The monoisotopic (exact) mass is 623 g/mol. The molecule has 240 valence electrons. The molecule has 1 amide bonds. The molecule has 5 rings (SSSR count). The third-order valence-corrected chi connectivity index (χ3v) is 8.16. The molecule has 0 radical (unpaired) electrons. The van der Waals surface area contributed by atoms with E-state index in [1.807, 2.05) is 97.2 Å². The minimum Gasteiger partial charge on any atom is -0.481 e. The first-order valence-electron chi connectivity index (χ1n) is 15.6. The number of aliphatic hydroxyl groups excluding tert-OH is 1. The lowest BCUT2D eigenvalue weighted by Gasteiger charge is -2.38. The van der Waals surface area contributed by atoms with Gasteiger partial charge in [-0.2, -0.15) is 0 Å². The topological polar surface area (TPSA) is 121 Å². The number of aliphatic carboxylic acids is 1. The first kappa shape index (κ1) is 33.0. The highest BCUT2D eigenvalue weighted by atomic mass is 16.7. The van der Waals surface area contributed by atoms with Crippen LogP contribution in [0.2, 0.25) is 0 Å². The van der Waals surface area contributed by atoms with Gasteiger partial charge in [-0.25, -0.2) is 0 Å². The Hall–Kier alpha value is -4.41. The maximum Gasteiger partial charge on any atom is 0.303 e. The summed E-state index contributed by atoms with van der Waals surface area (Å²) in [7, 11) is 2.10. The smallest absolute Gasteiger partial charge is 0.303 e. The van der Waals surface area contributed by atoms with Crippen LogP contribution in [0.4, 0.5) is 0 Å². The molecule has 9 heteroatoms. The molecule has 46 heavy (non-hydrogen) atoms. The Morgan fingerprint density at radius 2 is 1.65 bits per heavy atom. The molecule has 9 nitrogen and oxygen atoms in total. The number of ether oxygens (including phenoxy) is 2. The number of carbonyl (C=O) groups excluding carboxylic acids is 1. The van der Waals surface area contributed by atoms with E-state index in [-0.39, 0.29) is 37.6 Å². The van der Waals surface area contributed by atoms with E-state index in [1.165, 1.54) is 0 Å². The highest BCUT2D eigenvalue weighted by Gasteiger charge is 2.32. The van der Waals surface area contributed by atoms with E-state index in [4.69, 9.17) is 14.6 Å². The summed E-state index contributed by atoms with van der Waals surface area (Å²) in [6.07, 6.45) is 2.31. The van der Waals surface area contributed by atoms with Gasteiger partial charge >= 0.3 is 5.97 Å². The molecule has 1 aliphatic heterocycles. The molecule has 0 spiro atoms. The van der Waals surface area contributed by atoms with Gasteiger partial charge in [0.1, 0.15) is 0 Å². The van der Waals surface area contributed by atoms with Gasteiger partial charge in [0.05, 0.1) is 25.2 Å². The number of nitrogens with zero attached hydrogens (tertiary/aromatic N) is 2. The summed E-state index contributed by atoms with van der Waals surface area (Å²) >= 11 is 0. The number of amides is 1. The van der Waals surface area contributed by atoms with E-state index in [2.05, 4.69) is 22.2 Å². The molecule has 2 heterocycles. The van der Waals surface area contributed by atoms with E-state index in [0.29, 0.717) is 13.0 Å². The molecule has 3 unspecified atom stereocenters. The lowest BCUT2D eigenvalue weighted by atomic mass is 9.97. The van der Waals surface area contributed by atoms with Gasteiger partial charge in [0.25, 0.3) is 0 Å². The molecule has 0 bridgehead atoms. The predicted octanol–water partition coefficient (Wildman–Crippen LogP) is 5.44. The van der Waals surface area contributed by atoms with Crippen LogP contribution in [0, 0.1) is 0 Å². The summed E-state index contributed by atoms with van der Waals surface area (Å²) in [5, 5.41) is 21.2. The van der Waals surface area contributed by atoms with Crippen molar-refractivity contribution in [2.75, 3.05) is 20.1 Å². The minimum absolute atomic E-state index is 0.00615. The Labute approximate surface area is 269 Å². The second-order valence-corrected chi connectivity index (χ2v) is 11.6. The fourth-order valence-corrected chi connectivity index (χ4v) is 5.60. The lowest BCUT2D eigenvalue weighted by Crippen LogP contribution is -2.38. The number of benzene rings is 3. The molecule has 1 saturated heterocycles. The number of aromatic nitrogens is 1. The van der Waals surface area contributed by atoms with Gasteiger partial charge < -0.3 is 29.9 Å². The Morgan fingerprint density at radius 3 is 2.37 bits per heavy atom. The van der Waals surface area contributed by atoms with Gasteiger partial charge in [0.15, 0.2) is 6.29 Å². The van der Waals surface area contributed by atoms with Crippen LogP contribution in [0.1, 0.15) is 59.6 Å². The summed E-state index contributed by atoms with van der Waals surface area (Å²) in [5.41, 5.74) is 6.76. The fourth-order valence-electron chi connectivity index (χ4n) is 5.60. The first-order valence-corrected chi connectivity index (χ1v) is 15.6. The van der Waals surface area contributed by atoms with Gasteiger partial charge in [-0.3, -0.25) is 14.6 Å². The molecule has 1 fully saturated rings. The maximum atomic E-state index is 12.1. The van der Waals surface area contributed by atoms with Crippen LogP contribution in [-0.2, 0) is 38.6 Å². The summed E-state index contributed by atoms with van der Waals surface area (Å²) in [6, 6.07) is 29.8. The summed E-state index contributed by atoms with van der Waals surface area (Å²) < 4.78 is 13.1. The molecular weight excluding hydrogens is 582 g/mol. The number of likely N-dealkylation sites (N-methyl/N-ethyl adjacent to an activating group) is 1. The van der Waals surface area contributed by atoms with Gasteiger partial charge in [-0.05, 0) is 47.0 Å². The number of carboxylic acids is 1. The number of hydrogen-bond donors (Lipinski definition) is 3. The van der Waals surface area contributed by atoms with Crippen LogP contribution >= 0.6 is 0 Å². The van der Waals surface area contributed by atoms with Crippen LogP contribution in [0.25, 0.3) is 11.1 Å². The number of rotatable bonds is 14. The number of nitrogens with one attached hydrogen (secondary N) is 1. The van der Waals surface area contributed by atoms with Crippen molar-refractivity contribution < 1.29 is 29.3 Å². The Morgan fingerprint density at radius 1 is 0.913 bits per heavy atom. The molecule has 1 aliphatic rings. The molecule has 3 aromatic carbocycles. The molecule has 3 atom stereocenters. The maximum absolute atomic E-state index is 12.1. The van der Waals surface area contributed by atoms with Crippen LogP contribution in [0.5, 0.6) is 0 Å². The Bertz CT molecular complexity index is 1560. The second-order valence-electron chi connectivity index (χ2n) is 11.6. The van der Waals surface area contributed by atoms with Gasteiger partial charge in [0, 0.05) is 56.4 Å². The van der Waals surface area contributed by atoms with Crippen molar-refractivity contribution in [3.8, 4) is 11.1 Å². The zero-order valence-corrected chi connectivity index (χ0v) is 26.0. The molecule has 0 aliphatic carbocycles. The standard InChI is InChI=1S/C37H41N3O6/c1-40(21-19-31-7-4-5-20-38-31)24-32-22-34(28-11-9-26(25-41)10-12-28)46-37(45-32)29-15-13-27(14-16-29)33-8-3-2-6-30(33)23-39-35(42)17-18-36(43)44/h2-16,20,32,34,37,41H,17-19,21-25H2,1H3,(H,39,42)(H,43,44). The van der Waals surface area contributed by atoms with E-state index in [9.17, 15) is 14.7 Å². The van der Waals surface area contributed by atoms with Crippen LogP contribution in [0.15, 0.2) is 97.2 Å². The molecule has 1 aromatic heterocycles. The number of hydrogen-bond acceptors (Lipinski definition) is 7. The average molecular weight is 624 g/mol. The molecular formula is C37H41N3O6. The van der Waals surface area contributed by atoms with Crippen LogP contribution in [0.3, 0.4) is 0 Å². The van der Waals surface area contributed by atoms with Crippen LogP contribution < -0.4 is 5.32 Å². The summed E-state index contributed by atoms with van der Waals surface area (Å²) in [5.74, 6) is -1.29. The van der Waals surface area contributed by atoms with Gasteiger partial charge in [-0.1, -0.05) is 78.9 Å². The van der Waals surface area contributed by atoms with E-state index in [1.54, 1.807) is 0 Å². The minimum atomic E-state index is -0.994. The van der Waals surface area contributed by atoms with Crippen LogP contribution in [-0.4, -0.2) is 58.2 Å². The van der Waals surface area contributed by atoms with E-state index < -0.39 is 12.3 Å². The predicted molar refractivity (Wildman–Crippen MR) is 174 cm³/mol. The highest BCUT2D eigenvalue weighted by molar-refractivity contribution is 5.80. The Kier molecular flexibility index (Phi) is 11.6. The molecule has 3 N–H and O–H groups in total.